The molecule has 0 fully saturated rings. The number of para-hydroxylation sites is 2. The number of ether oxygens (including phenoxy) is 1. The maximum Gasteiger partial charge on any atom is 0.122 e. The molecule has 18 heavy (non-hydrogen) atoms. The Bertz CT molecular complexity index is 711. The number of H-pyrrole nitrogens is 1. The van der Waals surface area contributed by atoms with Crippen LogP contribution in [0.15, 0.2) is 55.3 Å². The number of aromatic amines is 1. The third-order valence-corrected chi connectivity index (χ3v) is 3.31. The zero-order valence-corrected chi connectivity index (χ0v) is 10.3. The molecule has 0 aliphatic heterocycles. The van der Waals surface area contributed by atoms with E-state index in [9.17, 15) is 0 Å². The van der Waals surface area contributed by atoms with Crippen molar-refractivity contribution < 1.29 is 4.74 Å². The first-order valence-corrected chi connectivity index (χ1v) is 6.07. The van der Waals surface area contributed by atoms with Crippen LogP contribution < -0.4 is 0 Å². The van der Waals surface area contributed by atoms with E-state index in [0.717, 1.165) is 16.6 Å². The standard InChI is InChI=1S/C16H15NO/c1-3-18-11(2)12-8-6-9-14-13-7-4-5-10-15(13)17-16(12)14/h3-11,17H,1H2,2H3. The number of nitrogens with one attached hydrogen (secondary N) is 1. The summed E-state index contributed by atoms with van der Waals surface area (Å²) in [5.74, 6) is 0. The second-order valence-electron chi connectivity index (χ2n) is 4.39. The van der Waals surface area contributed by atoms with Crippen LogP contribution in [0.1, 0.15) is 18.6 Å². The molecular weight excluding hydrogens is 222 g/mol. The molecule has 90 valence electrons. The van der Waals surface area contributed by atoms with Crippen molar-refractivity contribution in [3.05, 3.63) is 60.9 Å². The van der Waals surface area contributed by atoms with Crippen LogP contribution in [0.5, 0.6) is 0 Å². The molecule has 2 heteroatoms. The molecule has 0 saturated carbocycles. The smallest absolute Gasteiger partial charge is 0.122 e. The summed E-state index contributed by atoms with van der Waals surface area (Å²) in [6.45, 7) is 5.65. The van der Waals surface area contributed by atoms with Gasteiger partial charge in [-0.05, 0) is 13.0 Å². The van der Waals surface area contributed by atoms with E-state index < -0.39 is 0 Å². The molecule has 3 rings (SSSR count). The quantitative estimate of drug-likeness (QED) is 0.664. The van der Waals surface area contributed by atoms with Crippen molar-refractivity contribution in [3.63, 3.8) is 0 Å². The first kappa shape index (κ1) is 10.9. The molecular formula is C16H15NO. The van der Waals surface area contributed by atoms with Crippen molar-refractivity contribution in [1.82, 2.24) is 4.98 Å². The lowest BCUT2D eigenvalue weighted by atomic mass is 10.1. The van der Waals surface area contributed by atoms with Crippen LogP contribution in [-0.2, 0) is 4.74 Å². The monoisotopic (exact) mass is 237 g/mol. The number of rotatable bonds is 3. The van der Waals surface area contributed by atoms with Crippen molar-refractivity contribution in [2.45, 2.75) is 13.0 Å². The molecule has 0 aliphatic rings. The minimum absolute atomic E-state index is 0.000683. The molecule has 3 aromatic rings. The third-order valence-electron chi connectivity index (χ3n) is 3.31. The van der Waals surface area contributed by atoms with Gasteiger partial charge in [0.25, 0.3) is 0 Å². The van der Waals surface area contributed by atoms with Crippen LogP contribution in [0.25, 0.3) is 21.8 Å². The lowest BCUT2D eigenvalue weighted by Gasteiger charge is -2.12. The summed E-state index contributed by atoms with van der Waals surface area (Å²) >= 11 is 0. The summed E-state index contributed by atoms with van der Waals surface area (Å²) in [4.78, 5) is 3.47. The molecule has 2 aromatic carbocycles. The average molecular weight is 237 g/mol. The predicted molar refractivity (Wildman–Crippen MR) is 75.5 cm³/mol. The largest absolute Gasteiger partial charge is 0.494 e. The van der Waals surface area contributed by atoms with Gasteiger partial charge < -0.3 is 9.72 Å². The topological polar surface area (TPSA) is 25.0 Å². The van der Waals surface area contributed by atoms with E-state index in [0.29, 0.717) is 0 Å². The van der Waals surface area contributed by atoms with Crippen LogP contribution >= 0.6 is 0 Å². The van der Waals surface area contributed by atoms with Crippen LogP contribution in [0.4, 0.5) is 0 Å². The van der Waals surface area contributed by atoms with E-state index in [-0.39, 0.29) is 6.10 Å². The summed E-state index contributed by atoms with van der Waals surface area (Å²) in [6, 6.07) is 14.6. The van der Waals surface area contributed by atoms with Gasteiger partial charge in [-0.15, -0.1) is 0 Å². The molecule has 0 spiro atoms. The highest BCUT2D eigenvalue weighted by molar-refractivity contribution is 6.08. The van der Waals surface area contributed by atoms with Crippen molar-refractivity contribution in [2.24, 2.45) is 0 Å². The lowest BCUT2D eigenvalue weighted by molar-refractivity contribution is 0.166. The van der Waals surface area contributed by atoms with Crippen LogP contribution in [0.3, 0.4) is 0 Å². The van der Waals surface area contributed by atoms with Gasteiger partial charge in [-0.2, -0.15) is 0 Å². The normalized spacial score (nSPS) is 12.7. The minimum atomic E-state index is -0.000683. The third kappa shape index (κ3) is 1.58. The van der Waals surface area contributed by atoms with Crippen LogP contribution in [-0.4, -0.2) is 4.98 Å². The van der Waals surface area contributed by atoms with Crippen molar-refractivity contribution in [3.8, 4) is 0 Å². The van der Waals surface area contributed by atoms with E-state index in [2.05, 4.69) is 48.0 Å². The van der Waals surface area contributed by atoms with Crippen molar-refractivity contribution in [1.29, 1.82) is 0 Å². The Hall–Kier alpha value is -2.22. The second-order valence-corrected chi connectivity index (χ2v) is 4.39. The number of hydrogen-bond acceptors (Lipinski definition) is 1. The van der Waals surface area contributed by atoms with Gasteiger partial charge >= 0.3 is 0 Å². The summed E-state index contributed by atoms with van der Waals surface area (Å²) in [7, 11) is 0. The average Bonchev–Trinajstić information content (AvgIpc) is 2.77. The van der Waals surface area contributed by atoms with E-state index in [1.165, 1.54) is 17.0 Å². The van der Waals surface area contributed by atoms with Gasteiger partial charge in [0.05, 0.1) is 11.8 Å². The van der Waals surface area contributed by atoms with Gasteiger partial charge in [0.2, 0.25) is 0 Å². The van der Waals surface area contributed by atoms with E-state index in [1.807, 2.05) is 13.0 Å². The highest BCUT2D eigenvalue weighted by Crippen LogP contribution is 2.31. The predicted octanol–water partition coefficient (Wildman–Crippen LogP) is 4.54. The number of fused-ring (bicyclic) bond motifs is 3. The molecule has 1 unspecified atom stereocenters. The molecule has 0 aliphatic carbocycles. The van der Waals surface area contributed by atoms with Crippen LogP contribution in [0, 0.1) is 0 Å². The highest BCUT2D eigenvalue weighted by atomic mass is 16.5. The van der Waals surface area contributed by atoms with Gasteiger partial charge in [-0.25, -0.2) is 0 Å². The first-order valence-electron chi connectivity index (χ1n) is 6.07. The Morgan fingerprint density at radius 3 is 2.72 bits per heavy atom. The highest BCUT2D eigenvalue weighted by Gasteiger charge is 2.12. The van der Waals surface area contributed by atoms with Gasteiger partial charge in [0.1, 0.15) is 6.10 Å². The van der Waals surface area contributed by atoms with E-state index in [4.69, 9.17) is 4.74 Å². The molecule has 1 aromatic heterocycles. The zero-order chi connectivity index (χ0) is 12.5. The minimum Gasteiger partial charge on any atom is -0.494 e. The molecule has 2 nitrogen and oxygen atoms in total. The Morgan fingerprint density at radius 2 is 1.89 bits per heavy atom. The summed E-state index contributed by atoms with van der Waals surface area (Å²) in [5.41, 5.74) is 3.46. The fourth-order valence-corrected chi connectivity index (χ4v) is 2.45. The van der Waals surface area contributed by atoms with Gasteiger partial charge in [0, 0.05) is 21.9 Å². The maximum atomic E-state index is 5.48. The molecule has 1 heterocycles. The Labute approximate surface area is 106 Å². The second kappa shape index (κ2) is 4.22. The summed E-state index contributed by atoms with van der Waals surface area (Å²) in [6.07, 6.45) is 1.49. The van der Waals surface area contributed by atoms with Crippen molar-refractivity contribution in [2.75, 3.05) is 0 Å². The maximum absolute atomic E-state index is 5.48. The number of hydrogen-bond donors (Lipinski definition) is 1. The van der Waals surface area contributed by atoms with Gasteiger partial charge in [0.15, 0.2) is 0 Å². The Balaban J connectivity index is 2.30. The fourth-order valence-electron chi connectivity index (χ4n) is 2.45. The fraction of sp³-hybridized carbons (Fsp3) is 0.125. The molecule has 0 amide bonds. The molecule has 0 bridgehead atoms. The van der Waals surface area contributed by atoms with Crippen molar-refractivity contribution >= 4 is 21.8 Å². The zero-order valence-electron chi connectivity index (χ0n) is 10.3. The van der Waals surface area contributed by atoms with E-state index >= 15 is 0 Å². The molecule has 0 saturated heterocycles. The molecule has 1 N–H and O–H groups in total. The van der Waals surface area contributed by atoms with Crippen LogP contribution in [0.2, 0.25) is 0 Å². The van der Waals surface area contributed by atoms with E-state index in [1.54, 1.807) is 0 Å². The Morgan fingerprint density at radius 1 is 1.11 bits per heavy atom. The molecule has 1 atom stereocenters. The van der Waals surface area contributed by atoms with Gasteiger partial charge in [-0.3, -0.25) is 0 Å². The number of aromatic nitrogens is 1. The lowest BCUT2D eigenvalue weighted by Crippen LogP contribution is -1.95. The molecule has 0 radical (unpaired) electrons. The summed E-state index contributed by atoms with van der Waals surface area (Å²) in [5, 5.41) is 2.49. The summed E-state index contributed by atoms with van der Waals surface area (Å²) < 4.78 is 5.48. The first-order chi connectivity index (χ1) is 8.81. The SMILES string of the molecule is C=COC(C)c1cccc2c1[nH]c1ccccc12. The van der Waals surface area contributed by atoms with Gasteiger partial charge in [-0.1, -0.05) is 43.0 Å². The Kier molecular flexibility index (Phi) is 2.56. The number of benzene rings is 2.